The van der Waals surface area contributed by atoms with Crippen LogP contribution in [-0.2, 0) is 19.5 Å². The van der Waals surface area contributed by atoms with Crippen molar-refractivity contribution in [2.45, 2.75) is 78.3 Å². The van der Waals surface area contributed by atoms with Crippen LogP contribution in [0.15, 0.2) is 47.4 Å². The van der Waals surface area contributed by atoms with Crippen LogP contribution in [0, 0.1) is 12.8 Å². The van der Waals surface area contributed by atoms with Crippen LogP contribution in [0.1, 0.15) is 68.8 Å². The summed E-state index contributed by atoms with van der Waals surface area (Å²) >= 11 is 0. The molecule has 0 amide bonds. The van der Waals surface area contributed by atoms with Gasteiger partial charge in [0.15, 0.2) is 5.82 Å². The second-order valence-corrected chi connectivity index (χ2v) is 9.94. The molecule has 0 spiro atoms. The molecule has 8 heteroatoms. The fourth-order valence-corrected chi connectivity index (χ4v) is 5.58. The minimum absolute atomic E-state index is 0.128. The molecule has 3 heterocycles. The van der Waals surface area contributed by atoms with Crippen LogP contribution in [0.25, 0.3) is 22.6 Å². The van der Waals surface area contributed by atoms with Gasteiger partial charge in [0.1, 0.15) is 5.69 Å². The SMILES string of the molecule is CCCc1c(C)n(CCC2CCCCC2)c(=O)n1Cc1ccc(-c2cccnc2-c2nnn[nH]2)cc1. The van der Waals surface area contributed by atoms with E-state index in [2.05, 4.69) is 63.7 Å². The Morgan fingerprint density at radius 3 is 2.58 bits per heavy atom. The molecule has 8 nitrogen and oxygen atoms in total. The Morgan fingerprint density at radius 2 is 1.86 bits per heavy atom. The molecule has 1 aromatic carbocycles. The van der Waals surface area contributed by atoms with E-state index in [1.165, 1.54) is 37.8 Å². The first-order valence-electron chi connectivity index (χ1n) is 13.2. The molecule has 0 bridgehead atoms. The summed E-state index contributed by atoms with van der Waals surface area (Å²) in [5.74, 6) is 1.30. The van der Waals surface area contributed by atoms with Crippen LogP contribution in [0.2, 0.25) is 0 Å². The van der Waals surface area contributed by atoms with Gasteiger partial charge in [0.05, 0.1) is 6.54 Å². The van der Waals surface area contributed by atoms with Crippen LogP contribution < -0.4 is 5.69 Å². The monoisotopic (exact) mass is 485 g/mol. The van der Waals surface area contributed by atoms with E-state index in [1.54, 1.807) is 6.20 Å². The Balaban J connectivity index is 1.38. The zero-order valence-corrected chi connectivity index (χ0v) is 21.3. The number of rotatable bonds is 9. The molecule has 0 unspecified atom stereocenters. The molecule has 0 saturated heterocycles. The average molecular weight is 486 g/mol. The molecule has 5 rings (SSSR count). The minimum Gasteiger partial charge on any atom is -0.296 e. The number of hydrogen-bond donors (Lipinski definition) is 1. The topological polar surface area (TPSA) is 94.3 Å². The first kappa shape index (κ1) is 24.2. The summed E-state index contributed by atoms with van der Waals surface area (Å²) < 4.78 is 4.02. The van der Waals surface area contributed by atoms with E-state index >= 15 is 0 Å². The Labute approximate surface area is 211 Å². The number of benzene rings is 1. The predicted molar refractivity (Wildman–Crippen MR) is 141 cm³/mol. The van der Waals surface area contributed by atoms with Gasteiger partial charge < -0.3 is 0 Å². The Hall–Kier alpha value is -3.55. The summed E-state index contributed by atoms with van der Waals surface area (Å²) in [5.41, 5.74) is 6.23. The van der Waals surface area contributed by atoms with Crippen molar-refractivity contribution >= 4 is 0 Å². The second-order valence-electron chi connectivity index (χ2n) is 9.94. The van der Waals surface area contributed by atoms with Gasteiger partial charge in [0.2, 0.25) is 0 Å². The van der Waals surface area contributed by atoms with Crippen LogP contribution in [-0.4, -0.2) is 34.7 Å². The Bertz CT molecular complexity index is 1330. The van der Waals surface area contributed by atoms with Gasteiger partial charge in [-0.05, 0) is 53.3 Å². The third-order valence-electron chi connectivity index (χ3n) is 7.57. The van der Waals surface area contributed by atoms with Gasteiger partial charge in [-0.2, -0.15) is 0 Å². The Morgan fingerprint density at radius 1 is 1.06 bits per heavy atom. The fourth-order valence-electron chi connectivity index (χ4n) is 5.58. The molecule has 188 valence electrons. The van der Waals surface area contributed by atoms with Crippen molar-refractivity contribution in [1.29, 1.82) is 0 Å². The van der Waals surface area contributed by atoms with E-state index in [0.717, 1.165) is 54.1 Å². The molecule has 1 N–H and O–H groups in total. The summed E-state index contributed by atoms with van der Waals surface area (Å²) in [7, 11) is 0. The van der Waals surface area contributed by atoms with Crippen molar-refractivity contribution in [3.63, 3.8) is 0 Å². The number of hydrogen-bond acceptors (Lipinski definition) is 5. The van der Waals surface area contributed by atoms with Crippen molar-refractivity contribution in [2.24, 2.45) is 5.92 Å². The molecule has 3 aromatic heterocycles. The maximum atomic E-state index is 13.5. The third kappa shape index (κ3) is 5.03. The van der Waals surface area contributed by atoms with Crippen molar-refractivity contribution in [2.75, 3.05) is 0 Å². The van der Waals surface area contributed by atoms with E-state index in [9.17, 15) is 4.79 Å². The number of imidazole rings is 1. The van der Waals surface area contributed by atoms with E-state index < -0.39 is 0 Å². The fraction of sp³-hybridized carbons (Fsp3) is 0.464. The van der Waals surface area contributed by atoms with Crippen molar-refractivity contribution < 1.29 is 0 Å². The predicted octanol–water partition coefficient (Wildman–Crippen LogP) is 5.17. The smallest absolute Gasteiger partial charge is 0.296 e. The van der Waals surface area contributed by atoms with Gasteiger partial charge in [0, 0.05) is 29.7 Å². The lowest BCUT2D eigenvalue weighted by molar-refractivity contribution is 0.321. The molecule has 1 saturated carbocycles. The van der Waals surface area contributed by atoms with Crippen LogP contribution >= 0.6 is 0 Å². The molecule has 0 radical (unpaired) electrons. The molecule has 36 heavy (non-hydrogen) atoms. The largest absolute Gasteiger partial charge is 0.328 e. The highest BCUT2D eigenvalue weighted by Crippen LogP contribution is 2.29. The van der Waals surface area contributed by atoms with E-state index in [4.69, 9.17) is 0 Å². The average Bonchev–Trinajstić information content (AvgIpc) is 3.53. The van der Waals surface area contributed by atoms with Crippen LogP contribution in [0.3, 0.4) is 0 Å². The number of pyridine rings is 1. The van der Waals surface area contributed by atoms with Crippen molar-refractivity contribution in [3.05, 3.63) is 70.0 Å². The summed E-state index contributed by atoms with van der Waals surface area (Å²) in [6, 6.07) is 12.3. The molecule has 0 aliphatic heterocycles. The zero-order valence-electron chi connectivity index (χ0n) is 21.3. The van der Waals surface area contributed by atoms with Gasteiger partial charge >= 0.3 is 5.69 Å². The van der Waals surface area contributed by atoms with Gasteiger partial charge in [-0.15, -0.1) is 5.10 Å². The highest BCUT2D eigenvalue weighted by molar-refractivity contribution is 5.77. The molecular weight excluding hydrogens is 450 g/mol. The molecular formula is C28H35N7O. The van der Waals surface area contributed by atoms with E-state index in [1.807, 2.05) is 21.3 Å². The van der Waals surface area contributed by atoms with Crippen LogP contribution in [0.4, 0.5) is 0 Å². The first-order chi connectivity index (χ1) is 17.7. The molecule has 1 aliphatic rings. The van der Waals surface area contributed by atoms with Gasteiger partial charge in [0.25, 0.3) is 0 Å². The quantitative estimate of drug-likeness (QED) is 0.353. The number of aromatic amines is 1. The summed E-state index contributed by atoms with van der Waals surface area (Å²) in [4.78, 5) is 18.0. The number of nitrogens with one attached hydrogen (secondary N) is 1. The molecule has 0 atom stereocenters. The highest BCUT2D eigenvalue weighted by Gasteiger charge is 2.19. The number of nitrogens with zero attached hydrogens (tertiary/aromatic N) is 6. The normalized spacial score (nSPS) is 14.4. The molecule has 1 fully saturated rings. The maximum absolute atomic E-state index is 13.5. The summed E-state index contributed by atoms with van der Waals surface area (Å²) in [5, 5.41) is 14.2. The van der Waals surface area contributed by atoms with Gasteiger partial charge in [-0.1, -0.05) is 75.8 Å². The highest BCUT2D eigenvalue weighted by atomic mass is 16.1. The van der Waals surface area contributed by atoms with Crippen LogP contribution in [0.5, 0.6) is 0 Å². The number of aromatic nitrogens is 7. The summed E-state index contributed by atoms with van der Waals surface area (Å²) in [6.45, 7) is 5.71. The van der Waals surface area contributed by atoms with Gasteiger partial charge in [-0.3, -0.25) is 14.1 Å². The van der Waals surface area contributed by atoms with Crippen molar-refractivity contribution in [1.82, 2.24) is 34.7 Å². The van der Waals surface area contributed by atoms with E-state index in [0.29, 0.717) is 18.1 Å². The van der Waals surface area contributed by atoms with E-state index in [-0.39, 0.29) is 5.69 Å². The number of tetrazole rings is 1. The van der Waals surface area contributed by atoms with Gasteiger partial charge in [-0.25, -0.2) is 9.89 Å². The molecule has 4 aromatic rings. The standard InChI is InChI=1S/C28H35N7O/c1-3-8-25-20(2)34(18-16-21-9-5-4-6-10-21)28(36)35(25)19-22-12-14-23(15-13-22)24-11-7-17-29-26(24)27-30-32-33-31-27/h7,11-15,17,21H,3-6,8-10,16,18-19H2,1-2H3,(H,30,31,32,33). The third-order valence-corrected chi connectivity index (χ3v) is 7.57. The lowest BCUT2D eigenvalue weighted by Crippen LogP contribution is -2.27. The maximum Gasteiger partial charge on any atom is 0.328 e. The first-order valence-corrected chi connectivity index (χ1v) is 13.2. The summed E-state index contributed by atoms with van der Waals surface area (Å²) in [6.07, 6.45) is 11.5. The molecule has 1 aliphatic carbocycles. The lowest BCUT2D eigenvalue weighted by atomic mass is 9.87. The number of H-pyrrole nitrogens is 1. The second kappa shape index (κ2) is 11.0. The minimum atomic E-state index is 0.128. The van der Waals surface area contributed by atoms with Crippen molar-refractivity contribution in [3.8, 4) is 22.6 Å². The lowest BCUT2D eigenvalue weighted by Gasteiger charge is -2.21. The Kier molecular flexibility index (Phi) is 7.39. The zero-order chi connectivity index (χ0) is 24.9.